The van der Waals surface area contributed by atoms with Crippen molar-refractivity contribution in [1.29, 1.82) is 0 Å². The van der Waals surface area contributed by atoms with Gasteiger partial charge in [0.1, 0.15) is 5.82 Å². The predicted octanol–water partition coefficient (Wildman–Crippen LogP) is 2.38. The van der Waals surface area contributed by atoms with Crippen molar-refractivity contribution in [3.05, 3.63) is 91.9 Å². The molecule has 31 heavy (non-hydrogen) atoms. The van der Waals surface area contributed by atoms with Crippen molar-refractivity contribution in [2.24, 2.45) is 19.2 Å². The monoisotopic (exact) mass is 420 g/mol. The van der Waals surface area contributed by atoms with Gasteiger partial charge in [0.05, 0.1) is 12.8 Å². The van der Waals surface area contributed by atoms with E-state index in [0.717, 1.165) is 15.7 Å². The molecule has 0 amide bonds. The molecule has 0 aliphatic carbocycles. The second-order valence-electron chi connectivity index (χ2n) is 7.31. The quantitative estimate of drug-likeness (QED) is 0.397. The van der Waals surface area contributed by atoms with Crippen LogP contribution >= 0.6 is 0 Å². The fourth-order valence-electron chi connectivity index (χ4n) is 3.28. The summed E-state index contributed by atoms with van der Waals surface area (Å²) in [6, 6.07) is 13.8. The van der Waals surface area contributed by atoms with E-state index in [9.17, 15) is 14.0 Å². The summed E-state index contributed by atoms with van der Waals surface area (Å²) in [5.41, 5.74) is 5.30. The van der Waals surface area contributed by atoms with Crippen LogP contribution in [0, 0.1) is 12.7 Å². The van der Waals surface area contributed by atoms with E-state index < -0.39 is 11.2 Å². The Morgan fingerprint density at radius 1 is 1.03 bits per heavy atom. The number of fused-ring (bicyclic) bond motifs is 1. The van der Waals surface area contributed by atoms with Gasteiger partial charge in [-0.3, -0.25) is 18.5 Å². The molecule has 0 unspecified atom stereocenters. The number of hydrogen-bond acceptors (Lipinski definition) is 5. The molecule has 2 aromatic heterocycles. The Hall–Kier alpha value is -4.01. The molecule has 0 fully saturated rings. The predicted molar refractivity (Wildman–Crippen MR) is 118 cm³/mol. The highest BCUT2D eigenvalue weighted by Crippen LogP contribution is 2.18. The minimum absolute atomic E-state index is 0.264. The first kappa shape index (κ1) is 20.3. The molecule has 0 radical (unpaired) electrons. The molecular weight excluding hydrogens is 399 g/mol. The normalized spacial score (nSPS) is 11.5. The van der Waals surface area contributed by atoms with E-state index in [1.54, 1.807) is 23.7 Å². The van der Waals surface area contributed by atoms with E-state index in [4.69, 9.17) is 0 Å². The lowest BCUT2D eigenvalue weighted by molar-refractivity contribution is 0.628. The Morgan fingerprint density at radius 2 is 1.71 bits per heavy atom. The lowest BCUT2D eigenvalue weighted by Gasteiger charge is -2.09. The zero-order valence-electron chi connectivity index (χ0n) is 17.3. The number of hydrogen-bond donors (Lipinski definition) is 1. The summed E-state index contributed by atoms with van der Waals surface area (Å²) in [5.74, 6) is -0.0194. The average molecular weight is 420 g/mol. The maximum absolute atomic E-state index is 13.1. The maximum atomic E-state index is 13.1. The molecule has 0 aliphatic heterocycles. The van der Waals surface area contributed by atoms with Crippen LogP contribution in [-0.2, 0) is 20.6 Å². The fourth-order valence-corrected chi connectivity index (χ4v) is 3.28. The number of imidazole rings is 1. The number of aryl methyl sites for hydroxylation is 2. The second kappa shape index (κ2) is 8.02. The summed E-state index contributed by atoms with van der Waals surface area (Å²) in [7, 11) is 3.01. The van der Waals surface area contributed by atoms with Crippen molar-refractivity contribution >= 4 is 23.3 Å². The Morgan fingerprint density at radius 3 is 2.39 bits per heavy atom. The first-order chi connectivity index (χ1) is 14.8. The number of anilines is 1. The Kier molecular flexibility index (Phi) is 5.24. The van der Waals surface area contributed by atoms with Gasteiger partial charge in [0.2, 0.25) is 5.95 Å². The van der Waals surface area contributed by atoms with E-state index in [1.165, 1.54) is 30.0 Å². The summed E-state index contributed by atoms with van der Waals surface area (Å²) >= 11 is 0. The van der Waals surface area contributed by atoms with Gasteiger partial charge < -0.3 is 0 Å². The summed E-state index contributed by atoms with van der Waals surface area (Å²) < 4.78 is 17.2. The first-order valence-corrected chi connectivity index (χ1v) is 9.61. The largest absolute Gasteiger partial charge is 0.332 e. The third-order valence-corrected chi connectivity index (χ3v) is 5.06. The van der Waals surface area contributed by atoms with E-state index >= 15 is 0 Å². The van der Waals surface area contributed by atoms with Crippen molar-refractivity contribution in [3.8, 4) is 0 Å². The van der Waals surface area contributed by atoms with Crippen LogP contribution in [0.4, 0.5) is 10.3 Å². The molecule has 4 aromatic rings. The number of nitrogens with zero attached hydrogens (tertiary/aromatic N) is 5. The Bertz CT molecular complexity index is 1400. The van der Waals surface area contributed by atoms with Gasteiger partial charge in [-0.2, -0.15) is 10.1 Å². The van der Waals surface area contributed by atoms with Crippen LogP contribution in [0.5, 0.6) is 0 Å². The summed E-state index contributed by atoms with van der Waals surface area (Å²) in [5, 5.41) is 4.18. The van der Waals surface area contributed by atoms with Gasteiger partial charge in [0.25, 0.3) is 5.56 Å². The molecule has 2 heterocycles. The smallest absolute Gasteiger partial charge is 0.298 e. The van der Waals surface area contributed by atoms with Gasteiger partial charge in [0.15, 0.2) is 11.2 Å². The van der Waals surface area contributed by atoms with E-state index in [1.807, 2.05) is 31.2 Å². The molecule has 9 heteroatoms. The van der Waals surface area contributed by atoms with Gasteiger partial charge in [-0.25, -0.2) is 14.6 Å². The number of aromatic nitrogens is 4. The molecule has 0 saturated heterocycles. The second-order valence-corrected chi connectivity index (χ2v) is 7.31. The highest BCUT2D eigenvalue weighted by Gasteiger charge is 2.19. The van der Waals surface area contributed by atoms with E-state index in [-0.39, 0.29) is 11.5 Å². The van der Waals surface area contributed by atoms with Crippen LogP contribution in [0.3, 0.4) is 0 Å². The molecule has 4 rings (SSSR count). The molecule has 158 valence electrons. The molecule has 0 aliphatic rings. The zero-order chi connectivity index (χ0) is 22.1. The number of hydrazone groups is 1. The number of rotatable bonds is 5. The van der Waals surface area contributed by atoms with E-state index in [2.05, 4.69) is 15.5 Å². The van der Waals surface area contributed by atoms with Gasteiger partial charge in [-0.1, -0.05) is 42.0 Å². The number of halogens is 1. The van der Waals surface area contributed by atoms with Crippen molar-refractivity contribution < 1.29 is 4.39 Å². The Labute approximate surface area is 176 Å². The number of nitrogens with one attached hydrogen (secondary N) is 1. The topological polar surface area (TPSA) is 86.2 Å². The lowest BCUT2D eigenvalue weighted by Crippen LogP contribution is -2.37. The summed E-state index contributed by atoms with van der Waals surface area (Å²) in [6.07, 6.45) is 1.52. The molecule has 0 spiro atoms. The lowest BCUT2D eigenvalue weighted by atomic mass is 10.1. The van der Waals surface area contributed by atoms with Crippen LogP contribution in [0.2, 0.25) is 0 Å². The van der Waals surface area contributed by atoms with E-state index in [0.29, 0.717) is 23.6 Å². The minimum atomic E-state index is -0.459. The van der Waals surface area contributed by atoms with Crippen LogP contribution in [0.1, 0.15) is 16.7 Å². The van der Waals surface area contributed by atoms with Gasteiger partial charge in [-0.05, 0) is 30.2 Å². The van der Waals surface area contributed by atoms with Crippen molar-refractivity contribution in [3.63, 3.8) is 0 Å². The Balaban J connectivity index is 1.80. The molecule has 0 atom stereocenters. The van der Waals surface area contributed by atoms with Crippen molar-refractivity contribution in [2.45, 2.75) is 13.5 Å². The van der Waals surface area contributed by atoms with Crippen molar-refractivity contribution in [1.82, 2.24) is 18.7 Å². The summed E-state index contributed by atoms with van der Waals surface area (Å²) in [6.45, 7) is 2.36. The number of benzene rings is 2. The molecule has 1 N–H and O–H groups in total. The molecule has 0 saturated carbocycles. The zero-order valence-corrected chi connectivity index (χ0v) is 17.3. The molecule has 2 aromatic carbocycles. The minimum Gasteiger partial charge on any atom is -0.298 e. The van der Waals surface area contributed by atoms with Crippen LogP contribution < -0.4 is 16.7 Å². The maximum Gasteiger partial charge on any atom is 0.332 e. The third kappa shape index (κ3) is 3.89. The third-order valence-electron chi connectivity index (χ3n) is 5.06. The summed E-state index contributed by atoms with van der Waals surface area (Å²) in [4.78, 5) is 29.7. The van der Waals surface area contributed by atoms with Gasteiger partial charge >= 0.3 is 5.69 Å². The molecular formula is C22H21FN6O2. The van der Waals surface area contributed by atoms with Gasteiger partial charge in [-0.15, -0.1) is 0 Å². The first-order valence-electron chi connectivity index (χ1n) is 9.61. The van der Waals surface area contributed by atoms with Crippen LogP contribution in [-0.4, -0.2) is 24.9 Å². The highest BCUT2D eigenvalue weighted by molar-refractivity contribution is 5.80. The fraction of sp³-hybridized carbons (Fsp3) is 0.182. The van der Waals surface area contributed by atoms with Crippen LogP contribution in [0.25, 0.3) is 11.2 Å². The average Bonchev–Trinajstić information content (AvgIpc) is 3.12. The van der Waals surface area contributed by atoms with Crippen LogP contribution in [0.15, 0.2) is 63.2 Å². The standard InChI is InChI=1S/C22H21FN6O2/c1-14-4-6-16(7-5-14)13-29-18-19(27(2)22(31)28(3)20(18)30)25-21(29)26-24-12-15-8-10-17(23)11-9-15/h4-12H,13H2,1-3H3,(H,25,26)/b24-12-. The van der Waals surface area contributed by atoms with Gasteiger partial charge in [0, 0.05) is 14.1 Å². The SMILES string of the molecule is Cc1ccc(Cn2c(N/N=C\c3ccc(F)cc3)nc3c2c(=O)n(C)c(=O)n3C)cc1. The molecule has 8 nitrogen and oxygen atoms in total. The highest BCUT2D eigenvalue weighted by atomic mass is 19.1. The van der Waals surface area contributed by atoms with Crippen molar-refractivity contribution in [2.75, 3.05) is 5.43 Å². The molecule has 0 bridgehead atoms.